The van der Waals surface area contributed by atoms with Gasteiger partial charge in [0.05, 0.1) is 0 Å². The van der Waals surface area contributed by atoms with Gasteiger partial charge in [-0.3, -0.25) is 4.79 Å². The van der Waals surface area contributed by atoms with Crippen molar-refractivity contribution in [3.05, 3.63) is 64.1 Å². The minimum Gasteiger partial charge on any atom is -0.399 e. The van der Waals surface area contributed by atoms with Gasteiger partial charge in [0.25, 0.3) is 0 Å². The Morgan fingerprint density at radius 3 is 2.75 bits per heavy atom. The average molecular weight is 331 g/mol. The first kappa shape index (κ1) is 14.3. The third kappa shape index (κ3) is 3.96. The van der Waals surface area contributed by atoms with Gasteiger partial charge in [-0.1, -0.05) is 28.1 Å². The molecule has 0 aliphatic heterocycles. The molecule has 0 bridgehead atoms. The van der Waals surface area contributed by atoms with Crippen LogP contribution in [0.5, 0.6) is 0 Å². The summed E-state index contributed by atoms with van der Waals surface area (Å²) in [6.07, 6.45) is 3.23. The molecule has 102 valence electrons. The van der Waals surface area contributed by atoms with E-state index in [2.05, 4.69) is 21.2 Å². The summed E-state index contributed by atoms with van der Waals surface area (Å²) < 4.78 is 1.02. The molecule has 4 heteroatoms. The molecule has 0 aliphatic rings. The fraction of sp³-hybridized carbons (Fsp3) is 0.0625. The van der Waals surface area contributed by atoms with Gasteiger partial charge in [0.1, 0.15) is 0 Å². The third-order valence-electron chi connectivity index (χ3n) is 2.76. The summed E-state index contributed by atoms with van der Waals surface area (Å²) in [5.41, 5.74) is 9.10. The number of rotatable bonds is 3. The average Bonchev–Trinajstić information content (AvgIpc) is 2.41. The number of carbonyl (C=O) groups excluding carboxylic acids is 1. The Labute approximate surface area is 126 Å². The first-order chi connectivity index (χ1) is 9.54. The van der Waals surface area contributed by atoms with Crippen molar-refractivity contribution < 1.29 is 4.79 Å². The summed E-state index contributed by atoms with van der Waals surface area (Å²) in [6.45, 7) is 1.97. The van der Waals surface area contributed by atoms with Crippen LogP contribution in [-0.4, -0.2) is 5.91 Å². The Bertz CT molecular complexity index is 665. The molecule has 2 rings (SSSR count). The Kier molecular flexibility index (Phi) is 4.58. The van der Waals surface area contributed by atoms with Crippen molar-refractivity contribution in [2.75, 3.05) is 11.1 Å². The molecule has 0 radical (unpaired) electrons. The number of nitrogens with two attached hydrogens (primary N) is 1. The molecule has 0 fully saturated rings. The van der Waals surface area contributed by atoms with Crippen LogP contribution in [-0.2, 0) is 4.79 Å². The standard InChI is InChI=1S/C16H15BrN2O/c1-11-9-14(6-7-15(11)17)19-16(20)8-5-12-3-2-4-13(18)10-12/h2-10H,18H2,1H3,(H,19,20)/b8-5+. The van der Waals surface area contributed by atoms with Crippen LogP contribution in [0.4, 0.5) is 11.4 Å². The SMILES string of the molecule is Cc1cc(NC(=O)/C=C/c2cccc(N)c2)ccc1Br. The van der Waals surface area contributed by atoms with Gasteiger partial charge < -0.3 is 11.1 Å². The molecule has 1 amide bonds. The number of hydrogen-bond donors (Lipinski definition) is 2. The minimum absolute atomic E-state index is 0.172. The fourth-order valence-corrected chi connectivity index (χ4v) is 1.99. The molecule has 3 N–H and O–H groups in total. The second kappa shape index (κ2) is 6.39. The van der Waals surface area contributed by atoms with E-state index < -0.39 is 0 Å². The van der Waals surface area contributed by atoms with Crippen LogP contribution in [0.1, 0.15) is 11.1 Å². The molecule has 0 atom stereocenters. The van der Waals surface area contributed by atoms with E-state index in [0.717, 1.165) is 21.3 Å². The third-order valence-corrected chi connectivity index (χ3v) is 3.65. The lowest BCUT2D eigenvalue weighted by Crippen LogP contribution is -2.07. The molecule has 0 aliphatic carbocycles. The van der Waals surface area contributed by atoms with E-state index in [9.17, 15) is 4.79 Å². The maximum atomic E-state index is 11.8. The Morgan fingerprint density at radius 2 is 2.05 bits per heavy atom. The Morgan fingerprint density at radius 1 is 1.25 bits per heavy atom. The van der Waals surface area contributed by atoms with E-state index in [0.29, 0.717) is 5.69 Å². The first-order valence-corrected chi connectivity index (χ1v) is 6.94. The molecule has 0 saturated heterocycles. The summed E-state index contributed by atoms with van der Waals surface area (Å²) in [5, 5.41) is 2.82. The van der Waals surface area contributed by atoms with Gasteiger partial charge in [0, 0.05) is 21.9 Å². The van der Waals surface area contributed by atoms with Crippen molar-refractivity contribution in [3.63, 3.8) is 0 Å². The highest BCUT2D eigenvalue weighted by atomic mass is 79.9. The van der Waals surface area contributed by atoms with Crippen molar-refractivity contribution in [2.24, 2.45) is 0 Å². The Balaban J connectivity index is 2.03. The number of anilines is 2. The van der Waals surface area contributed by atoms with Crippen LogP contribution in [0, 0.1) is 6.92 Å². The number of halogens is 1. The molecular formula is C16H15BrN2O. The quantitative estimate of drug-likeness (QED) is 0.660. The lowest BCUT2D eigenvalue weighted by Gasteiger charge is -2.04. The molecule has 2 aromatic rings. The molecule has 0 heterocycles. The highest BCUT2D eigenvalue weighted by Gasteiger charge is 2.00. The lowest BCUT2D eigenvalue weighted by atomic mass is 10.2. The largest absolute Gasteiger partial charge is 0.399 e. The molecule has 0 aromatic heterocycles. The highest BCUT2D eigenvalue weighted by molar-refractivity contribution is 9.10. The lowest BCUT2D eigenvalue weighted by molar-refractivity contribution is -0.111. The fourth-order valence-electron chi connectivity index (χ4n) is 1.74. The number of amides is 1. The summed E-state index contributed by atoms with van der Waals surface area (Å²) in [4.78, 5) is 11.8. The van der Waals surface area contributed by atoms with Crippen molar-refractivity contribution in [1.29, 1.82) is 0 Å². The number of nitrogen functional groups attached to an aromatic ring is 1. The van der Waals surface area contributed by atoms with Gasteiger partial charge in [0.2, 0.25) is 5.91 Å². The monoisotopic (exact) mass is 330 g/mol. The van der Waals surface area contributed by atoms with Crippen LogP contribution >= 0.6 is 15.9 Å². The summed E-state index contributed by atoms with van der Waals surface area (Å²) in [5.74, 6) is -0.172. The van der Waals surface area contributed by atoms with Crippen LogP contribution in [0.2, 0.25) is 0 Å². The predicted molar refractivity (Wildman–Crippen MR) is 87.4 cm³/mol. The van der Waals surface area contributed by atoms with Crippen LogP contribution in [0.15, 0.2) is 53.0 Å². The van der Waals surface area contributed by atoms with Crippen LogP contribution in [0.25, 0.3) is 6.08 Å². The summed E-state index contributed by atoms with van der Waals surface area (Å²) >= 11 is 3.43. The normalized spacial score (nSPS) is 10.7. The van der Waals surface area contributed by atoms with Gasteiger partial charge in [0.15, 0.2) is 0 Å². The molecule has 0 saturated carbocycles. The van der Waals surface area contributed by atoms with Gasteiger partial charge in [-0.2, -0.15) is 0 Å². The van der Waals surface area contributed by atoms with Crippen molar-refractivity contribution in [2.45, 2.75) is 6.92 Å². The van der Waals surface area contributed by atoms with E-state index in [1.54, 1.807) is 6.08 Å². The minimum atomic E-state index is -0.172. The molecule has 20 heavy (non-hydrogen) atoms. The first-order valence-electron chi connectivity index (χ1n) is 6.15. The van der Waals surface area contributed by atoms with E-state index in [1.165, 1.54) is 6.08 Å². The molecule has 0 unspecified atom stereocenters. The van der Waals surface area contributed by atoms with Crippen LogP contribution in [0.3, 0.4) is 0 Å². The molecule has 2 aromatic carbocycles. The molecule has 3 nitrogen and oxygen atoms in total. The van der Waals surface area contributed by atoms with Gasteiger partial charge in [-0.25, -0.2) is 0 Å². The summed E-state index contributed by atoms with van der Waals surface area (Å²) in [7, 11) is 0. The van der Waals surface area contributed by atoms with Gasteiger partial charge in [-0.05, 0) is 54.5 Å². The maximum Gasteiger partial charge on any atom is 0.248 e. The molecular weight excluding hydrogens is 316 g/mol. The topological polar surface area (TPSA) is 55.1 Å². The zero-order chi connectivity index (χ0) is 14.5. The maximum absolute atomic E-state index is 11.8. The number of aryl methyl sites for hydroxylation is 1. The van der Waals surface area contributed by atoms with Gasteiger partial charge in [-0.15, -0.1) is 0 Å². The second-order valence-electron chi connectivity index (χ2n) is 4.46. The zero-order valence-corrected chi connectivity index (χ0v) is 12.6. The number of nitrogens with one attached hydrogen (secondary N) is 1. The summed E-state index contributed by atoms with van der Waals surface area (Å²) in [6, 6.07) is 13.0. The number of carbonyl (C=O) groups is 1. The zero-order valence-electron chi connectivity index (χ0n) is 11.1. The van der Waals surface area contributed by atoms with Gasteiger partial charge >= 0.3 is 0 Å². The van der Waals surface area contributed by atoms with Crippen molar-refractivity contribution in [1.82, 2.24) is 0 Å². The second-order valence-corrected chi connectivity index (χ2v) is 5.31. The number of benzene rings is 2. The number of hydrogen-bond acceptors (Lipinski definition) is 2. The Hall–Kier alpha value is -2.07. The van der Waals surface area contributed by atoms with E-state index in [1.807, 2.05) is 49.4 Å². The van der Waals surface area contributed by atoms with Crippen molar-refractivity contribution >= 4 is 39.3 Å². The van der Waals surface area contributed by atoms with E-state index >= 15 is 0 Å². The smallest absolute Gasteiger partial charge is 0.248 e. The van der Waals surface area contributed by atoms with Crippen molar-refractivity contribution in [3.8, 4) is 0 Å². The highest BCUT2D eigenvalue weighted by Crippen LogP contribution is 2.20. The predicted octanol–water partition coefficient (Wildman–Crippen LogP) is 3.99. The molecule has 0 spiro atoms. The van der Waals surface area contributed by atoms with E-state index in [-0.39, 0.29) is 5.91 Å². The van der Waals surface area contributed by atoms with Crippen LogP contribution < -0.4 is 11.1 Å². The van der Waals surface area contributed by atoms with E-state index in [4.69, 9.17) is 5.73 Å².